The Labute approximate surface area is 123 Å². The number of hydrogen-bond acceptors (Lipinski definition) is 0. The molecule has 96 valence electrons. The molecular formula is C14H19BrCl2. The molecule has 0 N–H and O–H groups in total. The quantitative estimate of drug-likeness (QED) is 0.439. The molecule has 0 aromatic heterocycles. The molecule has 0 unspecified atom stereocenters. The second-order valence-electron chi connectivity index (χ2n) is 4.48. The van der Waals surface area contributed by atoms with Crippen LogP contribution in [0.1, 0.15) is 38.2 Å². The summed E-state index contributed by atoms with van der Waals surface area (Å²) in [6, 6.07) is 8.25. The van der Waals surface area contributed by atoms with Gasteiger partial charge in [0.05, 0.1) is 0 Å². The van der Waals surface area contributed by atoms with Crippen molar-refractivity contribution in [2.24, 2.45) is 0 Å². The molecule has 0 saturated heterocycles. The lowest BCUT2D eigenvalue weighted by atomic mass is 9.79. The zero-order valence-corrected chi connectivity index (χ0v) is 13.3. The van der Waals surface area contributed by atoms with Gasteiger partial charge in [-0.3, -0.25) is 0 Å². The molecule has 0 spiro atoms. The number of rotatable bonds is 7. The van der Waals surface area contributed by atoms with E-state index >= 15 is 0 Å². The molecule has 1 rings (SSSR count). The summed E-state index contributed by atoms with van der Waals surface area (Å²) >= 11 is 16.0. The van der Waals surface area contributed by atoms with Gasteiger partial charge in [0, 0.05) is 21.6 Å². The Morgan fingerprint density at radius 3 is 2.29 bits per heavy atom. The molecule has 0 aliphatic rings. The normalized spacial score (nSPS) is 11.8. The summed E-state index contributed by atoms with van der Waals surface area (Å²) in [7, 11) is 0. The van der Waals surface area contributed by atoms with Crippen molar-refractivity contribution >= 4 is 39.1 Å². The third-order valence-electron chi connectivity index (χ3n) is 3.22. The molecule has 0 amide bonds. The minimum Gasteiger partial charge on any atom is -0.126 e. The maximum Gasteiger partial charge on any atom is 0.0332 e. The van der Waals surface area contributed by atoms with Crippen LogP contribution in [0.2, 0.25) is 0 Å². The van der Waals surface area contributed by atoms with Crippen LogP contribution in [0.25, 0.3) is 0 Å². The lowest BCUT2D eigenvalue weighted by Crippen LogP contribution is -2.31. The van der Waals surface area contributed by atoms with Gasteiger partial charge < -0.3 is 0 Å². The number of unbranched alkanes of at least 4 members (excludes halogenated alkanes) is 2. The summed E-state index contributed by atoms with van der Waals surface area (Å²) in [6.45, 7) is 2.21. The van der Waals surface area contributed by atoms with Gasteiger partial charge in [-0.05, 0) is 18.1 Å². The van der Waals surface area contributed by atoms with Gasteiger partial charge in [0.1, 0.15) is 0 Å². The van der Waals surface area contributed by atoms with Crippen molar-refractivity contribution in [3.05, 3.63) is 34.3 Å². The van der Waals surface area contributed by atoms with Gasteiger partial charge in [-0.2, -0.15) is 0 Å². The van der Waals surface area contributed by atoms with Crippen molar-refractivity contribution < 1.29 is 0 Å². The van der Waals surface area contributed by atoms with E-state index in [1.54, 1.807) is 0 Å². The molecule has 0 radical (unpaired) electrons. The summed E-state index contributed by atoms with van der Waals surface area (Å²) in [5, 5.41) is 0. The predicted octanol–water partition coefficient (Wildman–Crippen LogP) is 5.74. The lowest BCUT2D eigenvalue weighted by molar-refractivity contribution is 0.459. The van der Waals surface area contributed by atoms with Crippen LogP contribution in [0.4, 0.5) is 0 Å². The Morgan fingerprint density at radius 1 is 1.12 bits per heavy atom. The van der Waals surface area contributed by atoms with E-state index in [0.29, 0.717) is 11.8 Å². The third kappa shape index (κ3) is 3.87. The molecule has 0 saturated carbocycles. The zero-order valence-electron chi connectivity index (χ0n) is 10.2. The van der Waals surface area contributed by atoms with Crippen molar-refractivity contribution in [1.82, 2.24) is 0 Å². The molecule has 0 aliphatic carbocycles. The van der Waals surface area contributed by atoms with Crippen LogP contribution in [0.3, 0.4) is 0 Å². The van der Waals surface area contributed by atoms with E-state index in [1.807, 2.05) is 12.1 Å². The second kappa shape index (κ2) is 7.66. The minimum atomic E-state index is -0.0988. The van der Waals surface area contributed by atoms with E-state index < -0.39 is 0 Å². The third-order valence-corrected chi connectivity index (χ3v) is 4.93. The number of benzene rings is 1. The van der Waals surface area contributed by atoms with Crippen LogP contribution in [-0.4, -0.2) is 11.8 Å². The zero-order chi connectivity index (χ0) is 12.7. The van der Waals surface area contributed by atoms with Crippen molar-refractivity contribution in [3.63, 3.8) is 0 Å². The fourth-order valence-electron chi connectivity index (χ4n) is 2.05. The fraction of sp³-hybridized carbons (Fsp3) is 0.571. The van der Waals surface area contributed by atoms with E-state index in [1.165, 1.54) is 24.8 Å². The van der Waals surface area contributed by atoms with Crippen LogP contribution in [0.5, 0.6) is 0 Å². The predicted molar refractivity (Wildman–Crippen MR) is 81.4 cm³/mol. The highest BCUT2D eigenvalue weighted by molar-refractivity contribution is 9.10. The first kappa shape index (κ1) is 15.3. The highest BCUT2D eigenvalue weighted by Crippen LogP contribution is 2.37. The average Bonchev–Trinajstić information content (AvgIpc) is 2.36. The van der Waals surface area contributed by atoms with Crippen LogP contribution < -0.4 is 0 Å². The van der Waals surface area contributed by atoms with Crippen molar-refractivity contribution in [2.75, 3.05) is 11.8 Å². The Hall–Kier alpha value is 0.280. The molecule has 0 atom stereocenters. The van der Waals surface area contributed by atoms with Crippen molar-refractivity contribution in [1.29, 1.82) is 0 Å². The molecule has 17 heavy (non-hydrogen) atoms. The molecule has 0 aliphatic heterocycles. The summed E-state index contributed by atoms with van der Waals surface area (Å²) in [4.78, 5) is 0. The Kier molecular flexibility index (Phi) is 6.91. The van der Waals surface area contributed by atoms with E-state index in [4.69, 9.17) is 23.2 Å². The highest BCUT2D eigenvalue weighted by Gasteiger charge is 2.31. The first-order valence-electron chi connectivity index (χ1n) is 6.07. The molecule has 1 aromatic carbocycles. The van der Waals surface area contributed by atoms with Gasteiger partial charge in [-0.1, -0.05) is 60.3 Å². The first-order valence-corrected chi connectivity index (χ1v) is 7.93. The van der Waals surface area contributed by atoms with Gasteiger partial charge >= 0.3 is 0 Å². The smallest absolute Gasteiger partial charge is 0.0332 e. The van der Waals surface area contributed by atoms with Gasteiger partial charge in [0.2, 0.25) is 0 Å². The number of hydrogen-bond donors (Lipinski definition) is 0. The lowest BCUT2D eigenvalue weighted by Gasteiger charge is -2.31. The minimum absolute atomic E-state index is 0.0988. The molecule has 1 aromatic rings. The van der Waals surface area contributed by atoms with Crippen LogP contribution in [0.15, 0.2) is 28.7 Å². The Balaban J connectivity index is 2.94. The molecular weight excluding hydrogens is 319 g/mol. The van der Waals surface area contributed by atoms with Gasteiger partial charge in [0.25, 0.3) is 0 Å². The Bertz CT molecular complexity index is 335. The summed E-state index contributed by atoms with van der Waals surface area (Å²) in [6.07, 6.45) is 4.68. The standard InChI is InChI=1S/C14H19BrCl2/c1-2-3-6-9-14(10-16,11-17)12-7-4-5-8-13(12)15/h4-5,7-8H,2-3,6,9-11H2,1H3. The topological polar surface area (TPSA) is 0 Å². The molecule has 3 heteroatoms. The van der Waals surface area contributed by atoms with Crippen molar-refractivity contribution in [3.8, 4) is 0 Å². The van der Waals surface area contributed by atoms with Gasteiger partial charge in [-0.25, -0.2) is 0 Å². The van der Waals surface area contributed by atoms with Crippen LogP contribution >= 0.6 is 39.1 Å². The van der Waals surface area contributed by atoms with E-state index in [2.05, 4.69) is 35.0 Å². The van der Waals surface area contributed by atoms with E-state index in [0.717, 1.165) is 10.9 Å². The largest absolute Gasteiger partial charge is 0.126 e. The monoisotopic (exact) mass is 336 g/mol. The van der Waals surface area contributed by atoms with Crippen LogP contribution in [-0.2, 0) is 5.41 Å². The summed E-state index contributed by atoms with van der Waals surface area (Å²) in [5.74, 6) is 1.14. The molecule has 0 heterocycles. The average molecular weight is 338 g/mol. The highest BCUT2D eigenvalue weighted by atomic mass is 79.9. The SMILES string of the molecule is CCCCCC(CCl)(CCl)c1ccccc1Br. The number of halogens is 3. The Morgan fingerprint density at radius 2 is 1.76 bits per heavy atom. The van der Waals surface area contributed by atoms with Gasteiger partial charge in [0.15, 0.2) is 0 Å². The summed E-state index contributed by atoms with van der Waals surface area (Å²) in [5.41, 5.74) is 1.14. The molecule has 0 nitrogen and oxygen atoms in total. The van der Waals surface area contributed by atoms with E-state index in [9.17, 15) is 0 Å². The second-order valence-corrected chi connectivity index (χ2v) is 5.87. The van der Waals surface area contributed by atoms with Crippen molar-refractivity contribution in [2.45, 2.75) is 38.0 Å². The fourth-order valence-corrected chi connectivity index (χ4v) is 3.60. The maximum absolute atomic E-state index is 6.20. The van der Waals surface area contributed by atoms with Crippen LogP contribution in [0, 0.1) is 0 Å². The number of alkyl halides is 2. The van der Waals surface area contributed by atoms with Gasteiger partial charge in [-0.15, -0.1) is 23.2 Å². The first-order chi connectivity index (χ1) is 8.20. The molecule has 0 bridgehead atoms. The molecule has 0 fully saturated rings. The van der Waals surface area contributed by atoms with E-state index in [-0.39, 0.29) is 5.41 Å². The summed E-state index contributed by atoms with van der Waals surface area (Å²) < 4.78 is 1.11. The maximum atomic E-state index is 6.20.